The number of likely N-dealkylation sites (N-methyl/N-ethyl adjacent to an activating group) is 1. The molecule has 0 spiro atoms. The molecule has 1 saturated carbocycles. The topological polar surface area (TPSA) is 15.3 Å². The molecular weight excluding hydrogens is 252 g/mol. The first-order valence-corrected chi connectivity index (χ1v) is 9.48. The van der Waals surface area contributed by atoms with Gasteiger partial charge in [-0.05, 0) is 32.4 Å². The predicted octanol–water partition coefficient (Wildman–Crippen LogP) is 3.37. The fourth-order valence-corrected chi connectivity index (χ4v) is 4.93. The van der Waals surface area contributed by atoms with E-state index >= 15 is 0 Å². The SMILES string of the molecule is CCCNC(CC1CCCCC1)C1CSCCN1C. The van der Waals surface area contributed by atoms with Crippen LogP contribution in [0.1, 0.15) is 51.9 Å². The maximum absolute atomic E-state index is 3.86. The zero-order chi connectivity index (χ0) is 13.5. The van der Waals surface area contributed by atoms with Crippen LogP contribution in [0.5, 0.6) is 0 Å². The number of thioether (sulfide) groups is 1. The Morgan fingerprint density at radius 2 is 2.05 bits per heavy atom. The molecule has 1 aliphatic carbocycles. The molecule has 0 aromatic carbocycles. The Bertz CT molecular complexity index is 241. The second kappa shape index (κ2) is 8.53. The van der Waals surface area contributed by atoms with Crippen molar-refractivity contribution in [2.45, 2.75) is 64.0 Å². The molecule has 2 unspecified atom stereocenters. The number of hydrogen-bond donors (Lipinski definition) is 1. The van der Waals surface area contributed by atoms with Crippen molar-refractivity contribution in [2.75, 3.05) is 31.6 Å². The third-order valence-corrected chi connectivity index (χ3v) is 5.92. The monoisotopic (exact) mass is 284 g/mol. The van der Waals surface area contributed by atoms with Crippen molar-refractivity contribution in [1.82, 2.24) is 10.2 Å². The first kappa shape index (κ1) is 15.7. The second-order valence-corrected chi connectivity index (χ2v) is 7.57. The smallest absolute Gasteiger partial charge is 0.0337 e. The molecule has 2 atom stereocenters. The van der Waals surface area contributed by atoms with E-state index in [4.69, 9.17) is 0 Å². The number of rotatable bonds is 6. The minimum atomic E-state index is 0.723. The zero-order valence-corrected chi connectivity index (χ0v) is 13.7. The van der Waals surface area contributed by atoms with Crippen LogP contribution in [0.3, 0.4) is 0 Å². The lowest BCUT2D eigenvalue weighted by molar-refractivity contribution is 0.182. The van der Waals surface area contributed by atoms with E-state index in [2.05, 4.69) is 35.9 Å². The summed E-state index contributed by atoms with van der Waals surface area (Å²) in [7, 11) is 2.33. The van der Waals surface area contributed by atoms with Crippen LogP contribution in [-0.2, 0) is 0 Å². The van der Waals surface area contributed by atoms with Crippen LogP contribution in [-0.4, -0.2) is 48.6 Å². The second-order valence-electron chi connectivity index (χ2n) is 6.42. The quantitative estimate of drug-likeness (QED) is 0.805. The van der Waals surface area contributed by atoms with Crippen LogP contribution in [0.4, 0.5) is 0 Å². The van der Waals surface area contributed by atoms with Crippen molar-refractivity contribution in [3.8, 4) is 0 Å². The van der Waals surface area contributed by atoms with Gasteiger partial charge in [-0.15, -0.1) is 0 Å². The molecule has 19 heavy (non-hydrogen) atoms. The molecule has 1 N–H and O–H groups in total. The van der Waals surface area contributed by atoms with E-state index < -0.39 is 0 Å². The third kappa shape index (κ3) is 4.95. The van der Waals surface area contributed by atoms with Crippen molar-refractivity contribution < 1.29 is 0 Å². The fourth-order valence-electron chi connectivity index (χ4n) is 3.62. The van der Waals surface area contributed by atoms with Gasteiger partial charge >= 0.3 is 0 Å². The standard InChI is InChI=1S/C16H32N2S/c1-3-9-17-15(12-14-7-5-4-6-8-14)16-13-19-11-10-18(16)2/h14-17H,3-13H2,1-2H3. The average Bonchev–Trinajstić information content (AvgIpc) is 2.45. The molecule has 1 saturated heterocycles. The first-order valence-electron chi connectivity index (χ1n) is 8.32. The van der Waals surface area contributed by atoms with Crippen molar-refractivity contribution in [3.05, 3.63) is 0 Å². The van der Waals surface area contributed by atoms with Crippen molar-refractivity contribution in [3.63, 3.8) is 0 Å². The Balaban J connectivity index is 1.89. The summed E-state index contributed by atoms with van der Waals surface area (Å²) in [5.41, 5.74) is 0. The normalized spacial score (nSPS) is 28.4. The van der Waals surface area contributed by atoms with Crippen LogP contribution in [0.25, 0.3) is 0 Å². The summed E-state index contributed by atoms with van der Waals surface area (Å²) >= 11 is 2.15. The lowest BCUT2D eigenvalue weighted by atomic mass is 9.83. The highest BCUT2D eigenvalue weighted by Gasteiger charge is 2.29. The Morgan fingerprint density at radius 3 is 2.74 bits per heavy atom. The van der Waals surface area contributed by atoms with Gasteiger partial charge in [0.15, 0.2) is 0 Å². The van der Waals surface area contributed by atoms with Gasteiger partial charge in [-0.2, -0.15) is 11.8 Å². The molecule has 2 rings (SSSR count). The van der Waals surface area contributed by atoms with Gasteiger partial charge in [-0.1, -0.05) is 39.0 Å². The Hall–Kier alpha value is 0.270. The highest BCUT2D eigenvalue weighted by molar-refractivity contribution is 7.99. The van der Waals surface area contributed by atoms with Gasteiger partial charge in [0, 0.05) is 30.1 Å². The molecule has 0 aromatic heterocycles. The van der Waals surface area contributed by atoms with E-state index in [1.54, 1.807) is 0 Å². The summed E-state index contributed by atoms with van der Waals surface area (Å²) in [6.07, 6.45) is 10.0. The predicted molar refractivity (Wildman–Crippen MR) is 87.0 cm³/mol. The number of nitrogens with zero attached hydrogens (tertiary/aromatic N) is 1. The minimum absolute atomic E-state index is 0.723. The third-order valence-electron chi connectivity index (χ3n) is 4.88. The summed E-state index contributed by atoms with van der Waals surface area (Å²) in [5, 5.41) is 3.86. The van der Waals surface area contributed by atoms with Gasteiger partial charge < -0.3 is 10.2 Å². The molecule has 1 aliphatic heterocycles. The van der Waals surface area contributed by atoms with Crippen LogP contribution < -0.4 is 5.32 Å². The van der Waals surface area contributed by atoms with E-state index in [1.807, 2.05) is 0 Å². The summed E-state index contributed by atoms with van der Waals surface area (Å²) in [5.74, 6) is 3.63. The molecule has 1 heterocycles. The van der Waals surface area contributed by atoms with Crippen LogP contribution >= 0.6 is 11.8 Å². The Kier molecular flexibility index (Phi) is 7.03. The molecule has 2 aliphatic rings. The number of hydrogen-bond acceptors (Lipinski definition) is 3. The highest BCUT2D eigenvalue weighted by Crippen LogP contribution is 2.30. The van der Waals surface area contributed by atoms with E-state index in [-0.39, 0.29) is 0 Å². The largest absolute Gasteiger partial charge is 0.312 e. The minimum Gasteiger partial charge on any atom is -0.312 e. The summed E-state index contributed by atoms with van der Waals surface area (Å²) in [6.45, 7) is 4.74. The summed E-state index contributed by atoms with van der Waals surface area (Å²) < 4.78 is 0. The molecule has 112 valence electrons. The van der Waals surface area contributed by atoms with E-state index in [0.717, 1.165) is 18.0 Å². The average molecular weight is 285 g/mol. The Morgan fingerprint density at radius 1 is 1.26 bits per heavy atom. The Labute approximate surface area is 124 Å². The maximum Gasteiger partial charge on any atom is 0.0337 e. The maximum atomic E-state index is 3.86. The van der Waals surface area contributed by atoms with Gasteiger partial charge in [-0.25, -0.2) is 0 Å². The molecule has 0 aromatic rings. The van der Waals surface area contributed by atoms with Crippen molar-refractivity contribution in [1.29, 1.82) is 0 Å². The molecule has 2 fully saturated rings. The fraction of sp³-hybridized carbons (Fsp3) is 1.00. The van der Waals surface area contributed by atoms with Crippen LogP contribution in [0, 0.1) is 5.92 Å². The van der Waals surface area contributed by atoms with Gasteiger partial charge in [0.1, 0.15) is 0 Å². The van der Waals surface area contributed by atoms with E-state index in [1.165, 1.54) is 69.5 Å². The number of nitrogens with one attached hydrogen (secondary N) is 1. The van der Waals surface area contributed by atoms with Crippen molar-refractivity contribution >= 4 is 11.8 Å². The molecule has 2 nitrogen and oxygen atoms in total. The molecule has 0 bridgehead atoms. The van der Waals surface area contributed by atoms with Crippen molar-refractivity contribution in [2.24, 2.45) is 5.92 Å². The summed E-state index contributed by atoms with van der Waals surface area (Å²) in [4.78, 5) is 2.60. The molecule has 0 amide bonds. The molecule has 3 heteroatoms. The van der Waals surface area contributed by atoms with Crippen LogP contribution in [0.2, 0.25) is 0 Å². The lowest BCUT2D eigenvalue weighted by Crippen LogP contribution is -2.53. The van der Waals surface area contributed by atoms with Gasteiger partial charge in [0.2, 0.25) is 0 Å². The van der Waals surface area contributed by atoms with E-state index in [0.29, 0.717) is 0 Å². The molecular formula is C16H32N2S. The first-order chi connectivity index (χ1) is 9.31. The van der Waals surface area contributed by atoms with Crippen LogP contribution in [0.15, 0.2) is 0 Å². The van der Waals surface area contributed by atoms with Gasteiger partial charge in [0.25, 0.3) is 0 Å². The zero-order valence-electron chi connectivity index (χ0n) is 12.9. The highest BCUT2D eigenvalue weighted by atomic mass is 32.2. The lowest BCUT2D eigenvalue weighted by Gasteiger charge is -2.40. The van der Waals surface area contributed by atoms with Gasteiger partial charge in [0.05, 0.1) is 0 Å². The van der Waals surface area contributed by atoms with E-state index in [9.17, 15) is 0 Å². The molecule has 0 radical (unpaired) electrons. The summed E-state index contributed by atoms with van der Waals surface area (Å²) in [6, 6.07) is 1.48. The van der Waals surface area contributed by atoms with Gasteiger partial charge in [-0.3, -0.25) is 0 Å².